The van der Waals surface area contributed by atoms with Gasteiger partial charge in [-0.05, 0) is 46.3 Å². The van der Waals surface area contributed by atoms with Crippen LogP contribution in [0.25, 0.3) is 0 Å². The largest absolute Gasteiger partial charge is 0.496 e. The van der Waals surface area contributed by atoms with Gasteiger partial charge in [-0.15, -0.1) is 11.3 Å². The maximum Gasteiger partial charge on any atom is 0.129 e. The van der Waals surface area contributed by atoms with Gasteiger partial charge in [0.1, 0.15) is 5.75 Å². The van der Waals surface area contributed by atoms with E-state index in [2.05, 4.69) is 37.5 Å². The highest BCUT2D eigenvalue weighted by Gasteiger charge is 2.06. The monoisotopic (exact) mass is 256 g/mol. The molecule has 2 N–H and O–H groups in total. The Kier molecular flexibility index (Phi) is 5.95. The molecule has 0 amide bonds. The molecule has 17 heavy (non-hydrogen) atoms. The van der Waals surface area contributed by atoms with Crippen LogP contribution in [0.4, 0.5) is 0 Å². The van der Waals surface area contributed by atoms with Crippen LogP contribution in [0.5, 0.6) is 5.75 Å². The Balaban J connectivity index is 2.04. The SMILES string of the molecule is COc1csc(CNCCCNC(C)(C)C)c1. The molecule has 4 heteroatoms. The average Bonchev–Trinajstić information content (AvgIpc) is 2.69. The molecule has 0 aromatic carbocycles. The molecule has 0 bridgehead atoms. The summed E-state index contributed by atoms with van der Waals surface area (Å²) < 4.78 is 5.15. The molecule has 0 unspecified atom stereocenters. The first kappa shape index (κ1) is 14.5. The fourth-order valence-electron chi connectivity index (χ4n) is 1.45. The van der Waals surface area contributed by atoms with E-state index in [0.29, 0.717) is 0 Å². The van der Waals surface area contributed by atoms with E-state index in [4.69, 9.17) is 4.74 Å². The van der Waals surface area contributed by atoms with Crippen molar-refractivity contribution in [3.8, 4) is 5.75 Å². The minimum atomic E-state index is 0.223. The fourth-order valence-corrected chi connectivity index (χ4v) is 2.25. The highest BCUT2D eigenvalue weighted by atomic mass is 32.1. The standard InChI is InChI=1S/C13H24N2OS/c1-13(2,3)15-7-5-6-14-9-12-8-11(16-4)10-17-12/h8,10,14-15H,5-7,9H2,1-4H3. The minimum Gasteiger partial charge on any atom is -0.496 e. The first-order chi connectivity index (χ1) is 8.01. The normalized spacial score (nSPS) is 11.8. The molecule has 1 rings (SSSR count). The third-order valence-corrected chi connectivity index (χ3v) is 3.27. The van der Waals surface area contributed by atoms with E-state index in [9.17, 15) is 0 Å². The average molecular weight is 256 g/mol. The molecule has 0 aliphatic rings. The van der Waals surface area contributed by atoms with E-state index in [0.717, 1.165) is 31.8 Å². The van der Waals surface area contributed by atoms with Crippen molar-refractivity contribution in [3.05, 3.63) is 16.3 Å². The molecule has 0 saturated carbocycles. The molecule has 0 aliphatic carbocycles. The summed E-state index contributed by atoms with van der Waals surface area (Å²) >= 11 is 1.74. The van der Waals surface area contributed by atoms with Gasteiger partial charge < -0.3 is 15.4 Å². The van der Waals surface area contributed by atoms with Crippen LogP contribution in [0.1, 0.15) is 32.1 Å². The van der Waals surface area contributed by atoms with E-state index in [-0.39, 0.29) is 5.54 Å². The highest BCUT2D eigenvalue weighted by Crippen LogP contribution is 2.20. The van der Waals surface area contributed by atoms with Crippen molar-refractivity contribution in [3.63, 3.8) is 0 Å². The van der Waals surface area contributed by atoms with E-state index in [1.54, 1.807) is 18.4 Å². The Morgan fingerprint density at radius 1 is 1.29 bits per heavy atom. The van der Waals surface area contributed by atoms with Crippen molar-refractivity contribution in [2.24, 2.45) is 0 Å². The topological polar surface area (TPSA) is 33.3 Å². The number of nitrogens with one attached hydrogen (secondary N) is 2. The van der Waals surface area contributed by atoms with Crippen LogP contribution in [0.3, 0.4) is 0 Å². The number of rotatable bonds is 7. The molecule has 0 atom stereocenters. The van der Waals surface area contributed by atoms with E-state index in [1.807, 2.05) is 5.38 Å². The number of methoxy groups -OCH3 is 1. The van der Waals surface area contributed by atoms with Crippen molar-refractivity contribution in [2.45, 2.75) is 39.3 Å². The Hall–Kier alpha value is -0.580. The highest BCUT2D eigenvalue weighted by molar-refractivity contribution is 7.10. The minimum absolute atomic E-state index is 0.223. The Bertz CT molecular complexity index is 317. The predicted molar refractivity (Wildman–Crippen MR) is 75.0 cm³/mol. The molecule has 1 aromatic heterocycles. The molecule has 0 fully saturated rings. The molecule has 0 aliphatic heterocycles. The van der Waals surface area contributed by atoms with Gasteiger partial charge in [0, 0.05) is 22.3 Å². The zero-order valence-corrected chi connectivity index (χ0v) is 12.1. The molecule has 1 aromatic rings. The summed E-state index contributed by atoms with van der Waals surface area (Å²) in [6.45, 7) is 9.62. The lowest BCUT2D eigenvalue weighted by atomic mass is 10.1. The second-order valence-electron chi connectivity index (χ2n) is 5.16. The zero-order chi connectivity index (χ0) is 12.7. The third kappa shape index (κ3) is 6.66. The van der Waals surface area contributed by atoms with Crippen molar-refractivity contribution in [1.82, 2.24) is 10.6 Å². The maximum absolute atomic E-state index is 5.15. The van der Waals surface area contributed by atoms with Gasteiger partial charge in [0.2, 0.25) is 0 Å². The first-order valence-corrected chi connectivity index (χ1v) is 6.96. The molecule has 98 valence electrons. The summed E-state index contributed by atoms with van der Waals surface area (Å²) in [7, 11) is 1.71. The summed E-state index contributed by atoms with van der Waals surface area (Å²) in [4.78, 5) is 1.32. The van der Waals surface area contributed by atoms with Gasteiger partial charge >= 0.3 is 0 Å². The van der Waals surface area contributed by atoms with Gasteiger partial charge in [-0.1, -0.05) is 0 Å². The zero-order valence-electron chi connectivity index (χ0n) is 11.3. The van der Waals surface area contributed by atoms with Crippen LogP contribution >= 0.6 is 11.3 Å². The maximum atomic E-state index is 5.15. The number of thiophene rings is 1. The Labute approximate surface area is 109 Å². The Morgan fingerprint density at radius 3 is 2.65 bits per heavy atom. The van der Waals surface area contributed by atoms with Crippen LogP contribution < -0.4 is 15.4 Å². The van der Waals surface area contributed by atoms with Gasteiger partial charge in [0.05, 0.1) is 7.11 Å². The smallest absolute Gasteiger partial charge is 0.129 e. The van der Waals surface area contributed by atoms with Gasteiger partial charge in [0.25, 0.3) is 0 Å². The molecular weight excluding hydrogens is 232 g/mol. The number of hydrogen-bond donors (Lipinski definition) is 2. The van der Waals surface area contributed by atoms with E-state index < -0.39 is 0 Å². The third-order valence-electron chi connectivity index (χ3n) is 2.35. The molecule has 1 heterocycles. The van der Waals surface area contributed by atoms with Crippen LogP contribution in [-0.2, 0) is 6.54 Å². The lowest BCUT2D eigenvalue weighted by Crippen LogP contribution is -2.37. The van der Waals surface area contributed by atoms with Crippen LogP contribution in [-0.4, -0.2) is 25.7 Å². The van der Waals surface area contributed by atoms with Gasteiger partial charge in [0.15, 0.2) is 0 Å². The second kappa shape index (κ2) is 6.99. The van der Waals surface area contributed by atoms with Gasteiger partial charge in [-0.25, -0.2) is 0 Å². The van der Waals surface area contributed by atoms with Crippen molar-refractivity contribution >= 4 is 11.3 Å². The predicted octanol–water partition coefficient (Wildman–Crippen LogP) is 2.62. The first-order valence-electron chi connectivity index (χ1n) is 6.08. The molecule has 0 radical (unpaired) electrons. The van der Waals surface area contributed by atoms with Crippen molar-refractivity contribution in [1.29, 1.82) is 0 Å². The van der Waals surface area contributed by atoms with E-state index in [1.165, 1.54) is 4.88 Å². The second-order valence-corrected chi connectivity index (χ2v) is 6.16. The van der Waals surface area contributed by atoms with E-state index >= 15 is 0 Å². The Morgan fingerprint density at radius 2 is 2.06 bits per heavy atom. The summed E-state index contributed by atoms with van der Waals surface area (Å²) in [6.07, 6.45) is 1.15. The van der Waals surface area contributed by atoms with Gasteiger partial charge in [-0.3, -0.25) is 0 Å². The molecular formula is C13H24N2OS. The molecule has 3 nitrogen and oxygen atoms in total. The summed E-state index contributed by atoms with van der Waals surface area (Å²) in [5.74, 6) is 0.959. The summed E-state index contributed by atoms with van der Waals surface area (Å²) in [6, 6.07) is 2.09. The van der Waals surface area contributed by atoms with Crippen LogP contribution in [0.15, 0.2) is 11.4 Å². The van der Waals surface area contributed by atoms with Gasteiger partial charge in [-0.2, -0.15) is 0 Å². The van der Waals surface area contributed by atoms with Crippen LogP contribution in [0.2, 0.25) is 0 Å². The molecule has 0 saturated heterocycles. The lowest BCUT2D eigenvalue weighted by Gasteiger charge is -2.20. The van der Waals surface area contributed by atoms with Crippen LogP contribution in [0, 0.1) is 0 Å². The quantitative estimate of drug-likeness (QED) is 0.736. The summed E-state index contributed by atoms with van der Waals surface area (Å²) in [5, 5.41) is 8.96. The lowest BCUT2D eigenvalue weighted by molar-refractivity contribution is 0.415. The van der Waals surface area contributed by atoms with Crippen molar-refractivity contribution < 1.29 is 4.74 Å². The number of hydrogen-bond acceptors (Lipinski definition) is 4. The molecule has 0 spiro atoms. The summed E-state index contributed by atoms with van der Waals surface area (Å²) in [5.41, 5.74) is 0.223. The number of ether oxygens (including phenoxy) is 1. The fraction of sp³-hybridized carbons (Fsp3) is 0.692. The van der Waals surface area contributed by atoms with Crippen molar-refractivity contribution in [2.75, 3.05) is 20.2 Å².